The largest absolute Gasteiger partial charge is 0.465 e. The number of aryl methyl sites for hydroxylation is 2. The number of esters is 1. The van der Waals surface area contributed by atoms with Crippen molar-refractivity contribution in [1.82, 2.24) is 20.2 Å². The highest BCUT2D eigenvalue weighted by molar-refractivity contribution is 6.16. The summed E-state index contributed by atoms with van der Waals surface area (Å²) in [5.74, 6) is -0.462. The average Bonchev–Trinajstić information content (AvgIpc) is 3.63. The van der Waals surface area contributed by atoms with E-state index in [9.17, 15) is 9.59 Å². The molecule has 1 amide bonds. The minimum atomic E-state index is -0.773. The fraction of sp³-hybridized carbons (Fsp3) is 0.160. The summed E-state index contributed by atoms with van der Waals surface area (Å²) in [7, 11) is 0. The minimum absolute atomic E-state index is 0.00383. The van der Waals surface area contributed by atoms with Crippen LogP contribution in [0.15, 0.2) is 71.3 Å². The zero-order chi connectivity index (χ0) is 23.3. The maximum absolute atomic E-state index is 13.0. The summed E-state index contributed by atoms with van der Waals surface area (Å²) < 4.78 is 11.9. The third-order valence-corrected chi connectivity index (χ3v) is 5.48. The van der Waals surface area contributed by atoms with E-state index in [1.54, 1.807) is 12.1 Å². The van der Waals surface area contributed by atoms with Gasteiger partial charge in [-0.2, -0.15) is 4.68 Å². The first kappa shape index (κ1) is 21.3. The van der Waals surface area contributed by atoms with Gasteiger partial charge in [-0.3, -0.25) is 4.79 Å². The molecule has 0 aliphatic heterocycles. The van der Waals surface area contributed by atoms with Crippen LogP contribution in [-0.2, 0) is 27.2 Å². The van der Waals surface area contributed by atoms with Crippen LogP contribution in [0.4, 0.5) is 5.69 Å². The first-order valence-electron chi connectivity index (χ1n) is 10.9. The standard InChI is InChI=1S/C25H21N5O4/c31-23(26-20-12-11-17-8-4-9-19(17)14-20)16-34-25(32)22(15-21-10-5-13-33-21)30-24(27-28-29-30)18-6-2-1-3-7-18/h1-3,5-7,10-15H,4,8-9,16H2,(H,26,31)/b22-15+. The average molecular weight is 455 g/mol. The van der Waals surface area contributed by atoms with E-state index in [4.69, 9.17) is 9.15 Å². The van der Waals surface area contributed by atoms with Crippen molar-refractivity contribution in [3.63, 3.8) is 0 Å². The van der Waals surface area contributed by atoms with Crippen molar-refractivity contribution < 1.29 is 18.7 Å². The number of aromatic nitrogens is 4. The van der Waals surface area contributed by atoms with Crippen LogP contribution in [-0.4, -0.2) is 38.7 Å². The Morgan fingerprint density at radius 1 is 1.06 bits per heavy atom. The number of carbonyl (C=O) groups excluding carboxylic acids is 2. The highest BCUT2D eigenvalue weighted by Gasteiger charge is 2.22. The minimum Gasteiger partial charge on any atom is -0.465 e. The van der Waals surface area contributed by atoms with Gasteiger partial charge in [0, 0.05) is 17.3 Å². The lowest BCUT2D eigenvalue weighted by atomic mass is 10.1. The van der Waals surface area contributed by atoms with Crippen LogP contribution in [0.5, 0.6) is 0 Å². The molecule has 0 radical (unpaired) electrons. The third-order valence-electron chi connectivity index (χ3n) is 5.48. The topological polar surface area (TPSA) is 112 Å². The Bertz CT molecular complexity index is 1340. The molecule has 1 N–H and O–H groups in total. The predicted molar refractivity (Wildman–Crippen MR) is 124 cm³/mol. The second kappa shape index (κ2) is 9.53. The Morgan fingerprint density at radius 3 is 2.74 bits per heavy atom. The zero-order valence-corrected chi connectivity index (χ0v) is 18.2. The van der Waals surface area contributed by atoms with Crippen LogP contribution in [0, 0.1) is 0 Å². The van der Waals surface area contributed by atoms with Gasteiger partial charge in [-0.25, -0.2) is 4.79 Å². The number of rotatable bonds is 7. The number of nitrogens with zero attached hydrogens (tertiary/aromatic N) is 4. The Labute approximate surface area is 195 Å². The number of benzene rings is 2. The van der Waals surface area contributed by atoms with Gasteiger partial charge in [0.1, 0.15) is 5.76 Å². The zero-order valence-electron chi connectivity index (χ0n) is 18.2. The van der Waals surface area contributed by atoms with E-state index < -0.39 is 18.5 Å². The Hall–Kier alpha value is -4.53. The molecular weight excluding hydrogens is 434 g/mol. The fourth-order valence-electron chi connectivity index (χ4n) is 3.88. The molecule has 0 saturated carbocycles. The molecule has 0 unspecified atom stereocenters. The number of carbonyl (C=O) groups is 2. The number of nitrogens with one attached hydrogen (secondary N) is 1. The Morgan fingerprint density at radius 2 is 1.91 bits per heavy atom. The van der Waals surface area contributed by atoms with E-state index in [0.717, 1.165) is 19.3 Å². The number of anilines is 1. The second-order valence-corrected chi connectivity index (χ2v) is 7.79. The van der Waals surface area contributed by atoms with Gasteiger partial charge in [0.15, 0.2) is 18.1 Å². The number of furan rings is 1. The number of hydrogen-bond donors (Lipinski definition) is 1. The molecule has 2 aromatic carbocycles. The summed E-state index contributed by atoms with van der Waals surface area (Å²) in [5, 5.41) is 14.5. The molecule has 0 atom stereocenters. The van der Waals surface area contributed by atoms with E-state index >= 15 is 0 Å². The van der Waals surface area contributed by atoms with Gasteiger partial charge in [-0.15, -0.1) is 5.10 Å². The number of tetrazole rings is 1. The molecule has 9 heteroatoms. The van der Waals surface area contributed by atoms with Crippen molar-refractivity contribution in [3.05, 3.63) is 83.8 Å². The van der Waals surface area contributed by atoms with Crippen LogP contribution < -0.4 is 5.32 Å². The molecule has 5 rings (SSSR count). The van der Waals surface area contributed by atoms with Gasteiger partial charge in [0.05, 0.1) is 6.26 Å². The monoisotopic (exact) mass is 455 g/mol. The molecular formula is C25H21N5O4. The molecule has 0 fully saturated rings. The summed E-state index contributed by atoms with van der Waals surface area (Å²) >= 11 is 0. The summed E-state index contributed by atoms with van der Waals surface area (Å²) in [6.07, 6.45) is 6.13. The smallest absolute Gasteiger partial charge is 0.357 e. The van der Waals surface area contributed by atoms with E-state index in [1.165, 1.54) is 28.1 Å². The van der Waals surface area contributed by atoms with Crippen LogP contribution in [0.2, 0.25) is 0 Å². The molecule has 170 valence electrons. The van der Waals surface area contributed by atoms with E-state index in [1.807, 2.05) is 48.5 Å². The van der Waals surface area contributed by atoms with Crippen molar-refractivity contribution in [1.29, 1.82) is 0 Å². The molecule has 34 heavy (non-hydrogen) atoms. The molecule has 1 aliphatic rings. The number of amides is 1. The molecule has 0 bridgehead atoms. The summed E-state index contributed by atoms with van der Waals surface area (Å²) in [4.78, 5) is 25.5. The molecule has 9 nitrogen and oxygen atoms in total. The molecule has 4 aromatic rings. The van der Waals surface area contributed by atoms with Crippen molar-refractivity contribution in [2.24, 2.45) is 0 Å². The van der Waals surface area contributed by atoms with Gasteiger partial charge in [-0.05, 0) is 65.1 Å². The normalized spacial score (nSPS) is 12.9. The van der Waals surface area contributed by atoms with Crippen LogP contribution in [0.3, 0.4) is 0 Å². The number of fused-ring (bicyclic) bond motifs is 1. The van der Waals surface area contributed by atoms with Crippen LogP contribution in [0.25, 0.3) is 23.2 Å². The highest BCUT2D eigenvalue weighted by Crippen LogP contribution is 2.25. The molecule has 2 heterocycles. The lowest BCUT2D eigenvalue weighted by Gasteiger charge is -2.11. The first-order chi connectivity index (χ1) is 16.7. The number of hydrogen-bond acceptors (Lipinski definition) is 7. The summed E-state index contributed by atoms with van der Waals surface area (Å²) in [6.45, 7) is -0.464. The predicted octanol–water partition coefficient (Wildman–Crippen LogP) is 3.60. The number of ether oxygens (including phenoxy) is 1. The van der Waals surface area contributed by atoms with Crippen LogP contribution >= 0.6 is 0 Å². The maximum atomic E-state index is 13.0. The molecule has 0 spiro atoms. The second-order valence-electron chi connectivity index (χ2n) is 7.79. The van der Waals surface area contributed by atoms with Gasteiger partial charge >= 0.3 is 5.97 Å². The van der Waals surface area contributed by atoms with Gasteiger partial charge in [-0.1, -0.05) is 36.4 Å². The van der Waals surface area contributed by atoms with Crippen molar-refractivity contribution in [2.45, 2.75) is 19.3 Å². The summed E-state index contributed by atoms with van der Waals surface area (Å²) in [6, 6.07) is 18.4. The van der Waals surface area contributed by atoms with Gasteiger partial charge in [0.2, 0.25) is 0 Å². The quantitative estimate of drug-likeness (QED) is 0.335. The molecule has 2 aromatic heterocycles. The van der Waals surface area contributed by atoms with E-state index in [-0.39, 0.29) is 5.70 Å². The highest BCUT2D eigenvalue weighted by atomic mass is 16.5. The van der Waals surface area contributed by atoms with E-state index in [2.05, 4.69) is 20.8 Å². The van der Waals surface area contributed by atoms with Gasteiger partial charge in [0.25, 0.3) is 5.91 Å². The lowest BCUT2D eigenvalue weighted by Crippen LogP contribution is -2.23. The van der Waals surface area contributed by atoms with Gasteiger partial charge < -0.3 is 14.5 Å². The maximum Gasteiger partial charge on any atom is 0.357 e. The van der Waals surface area contributed by atoms with Crippen molar-refractivity contribution >= 4 is 29.3 Å². The molecule has 0 saturated heterocycles. The Kier molecular flexibility index (Phi) is 5.98. The van der Waals surface area contributed by atoms with Crippen molar-refractivity contribution in [3.8, 4) is 11.4 Å². The van der Waals surface area contributed by atoms with Crippen LogP contribution in [0.1, 0.15) is 23.3 Å². The van der Waals surface area contributed by atoms with Crippen molar-refractivity contribution in [2.75, 3.05) is 11.9 Å². The Balaban J connectivity index is 1.33. The summed E-state index contributed by atoms with van der Waals surface area (Å²) in [5.41, 5.74) is 3.95. The fourth-order valence-corrected chi connectivity index (χ4v) is 3.88. The third kappa shape index (κ3) is 4.63. The first-order valence-corrected chi connectivity index (χ1v) is 10.9. The van der Waals surface area contributed by atoms with E-state index in [0.29, 0.717) is 22.8 Å². The SMILES string of the molecule is O=C(COC(=O)/C(=C\c1ccco1)n1nnnc1-c1ccccc1)Nc1ccc2c(c1)CCC2. The molecule has 1 aliphatic carbocycles. The lowest BCUT2D eigenvalue weighted by molar-refractivity contribution is -0.141.